The van der Waals surface area contributed by atoms with E-state index in [1.165, 1.54) is 11.8 Å². The lowest BCUT2D eigenvalue weighted by atomic mass is 9.94. The Morgan fingerprint density at radius 1 is 1.07 bits per heavy atom. The average molecular weight is 392 g/mol. The highest BCUT2D eigenvalue weighted by Gasteiger charge is 2.48. The normalized spacial score (nSPS) is 21.4. The summed E-state index contributed by atoms with van der Waals surface area (Å²) in [5.41, 5.74) is 2.80. The summed E-state index contributed by atoms with van der Waals surface area (Å²) < 4.78 is 5.29. The third-order valence-electron chi connectivity index (χ3n) is 4.79. The molecule has 2 heterocycles. The summed E-state index contributed by atoms with van der Waals surface area (Å²) in [4.78, 5) is 32.4. The SMILES string of the molecule is CCOC(=O)C1=C(C)N=C2SC(c3ccccc3)C(=O)N2C1c1ccccc1. The number of esters is 1. The van der Waals surface area contributed by atoms with E-state index >= 15 is 0 Å². The van der Waals surface area contributed by atoms with Gasteiger partial charge in [-0.3, -0.25) is 9.69 Å². The van der Waals surface area contributed by atoms with Gasteiger partial charge in [0.25, 0.3) is 0 Å². The molecular weight excluding hydrogens is 372 g/mol. The zero-order valence-electron chi connectivity index (χ0n) is 15.7. The number of rotatable bonds is 4. The average Bonchev–Trinajstić information content (AvgIpc) is 3.04. The Kier molecular flexibility index (Phi) is 5.05. The van der Waals surface area contributed by atoms with Crippen LogP contribution in [0.15, 0.2) is 76.9 Å². The monoisotopic (exact) mass is 392 g/mol. The molecule has 2 atom stereocenters. The number of hydrogen-bond acceptors (Lipinski definition) is 5. The van der Waals surface area contributed by atoms with E-state index in [-0.39, 0.29) is 17.8 Å². The van der Waals surface area contributed by atoms with E-state index in [2.05, 4.69) is 4.99 Å². The third kappa shape index (κ3) is 3.14. The van der Waals surface area contributed by atoms with E-state index in [0.29, 0.717) is 16.4 Å². The molecule has 2 aromatic rings. The standard InChI is InChI=1S/C22H20N2O3S/c1-3-27-21(26)17-14(2)23-22-24(18(17)15-10-6-4-7-11-15)20(25)19(28-22)16-12-8-5-9-13-16/h4-13,18-19H,3H2,1-2H3. The van der Waals surface area contributed by atoms with Gasteiger partial charge in [-0.15, -0.1) is 0 Å². The Hall–Kier alpha value is -2.86. The number of allylic oxidation sites excluding steroid dienone is 1. The second kappa shape index (κ2) is 7.64. The summed E-state index contributed by atoms with van der Waals surface area (Å²) in [5, 5.41) is 0.249. The van der Waals surface area contributed by atoms with Crippen molar-refractivity contribution in [1.82, 2.24) is 4.90 Å². The van der Waals surface area contributed by atoms with E-state index in [0.717, 1.165) is 11.1 Å². The Bertz CT molecular complexity index is 970. The van der Waals surface area contributed by atoms with Crippen LogP contribution in [0.25, 0.3) is 0 Å². The number of thioether (sulfide) groups is 1. The summed E-state index contributed by atoms with van der Waals surface area (Å²) in [6, 6.07) is 18.7. The van der Waals surface area contributed by atoms with E-state index in [4.69, 9.17) is 4.74 Å². The van der Waals surface area contributed by atoms with Gasteiger partial charge in [0.15, 0.2) is 5.17 Å². The van der Waals surface area contributed by atoms with Crippen LogP contribution in [-0.2, 0) is 14.3 Å². The molecule has 0 spiro atoms. The second-order valence-corrected chi connectivity index (χ2v) is 7.62. The largest absolute Gasteiger partial charge is 0.463 e. The first-order valence-electron chi connectivity index (χ1n) is 9.18. The van der Waals surface area contributed by atoms with Gasteiger partial charge in [0, 0.05) is 0 Å². The van der Waals surface area contributed by atoms with Crippen LogP contribution >= 0.6 is 11.8 Å². The fourth-order valence-corrected chi connectivity index (χ4v) is 4.76. The van der Waals surface area contributed by atoms with Crippen LogP contribution in [-0.4, -0.2) is 28.6 Å². The maximum atomic E-state index is 13.4. The van der Waals surface area contributed by atoms with Crippen molar-refractivity contribution in [3.8, 4) is 0 Å². The predicted molar refractivity (Wildman–Crippen MR) is 110 cm³/mol. The molecule has 5 nitrogen and oxygen atoms in total. The molecule has 1 amide bonds. The third-order valence-corrected chi connectivity index (χ3v) is 6.00. The highest BCUT2D eigenvalue weighted by molar-refractivity contribution is 8.15. The first-order chi connectivity index (χ1) is 13.6. The van der Waals surface area contributed by atoms with Crippen molar-refractivity contribution in [3.05, 3.63) is 83.1 Å². The highest BCUT2D eigenvalue weighted by Crippen LogP contribution is 2.48. The van der Waals surface area contributed by atoms with E-state index in [1.807, 2.05) is 60.7 Å². The minimum atomic E-state index is -0.540. The van der Waals surface area contributed by atoms with Crippen LogP contribution in [0.3, 0.4) is 0 Å². The molecule has 28 heavy (non-hydrogen) atoms. The molecule has 6 heteroatoms. The number of carbonyl (C=O) groups excluding carboxylic acids is 2. The smallest absolute Gasteiger partial charge is 0.338 e. The number of amides is 1. The van der Waals surface area contributed by atoms with Gasteiger partial charge < -0.3 is 4.74 Å². The summed E-state index contributed by atoms with van der Waals surface area (Å²) >= 11 is 1.43. The number of hydrogen-bond donors (Lipinski definition) is 0. The Morgan fingerprint density at radius 2 is 1.68 bits per heavy atom. The van der Waals surface area contributed by atoms with E-state index in [9.17, 15) is 9.59 Å². The van der Waals surface area contributed by atoms with Gasteiger partial charge in [0.05, 0.1) is 23.9 Å². The fraction of sp³-hybridized carbons (Fsp3) is 0.227. The van der Waals surface area contributed by atoms with Crippen molar-refractivity contribution < 1.29 is 14.3 Å². The van der Waals surface area contributed by atoms with Crippen LogP contribution in [0, 0.1) is 0 Å². The molecule has 4 rings (SSSR count). The van der Waals surface area contributed by atoms with Gasteiger partial charge in [-0.05, 0) is 25.0 Å². The van der Waals surface area contributed by atoms with Gasteiger partial charge in [0.2, 0.25) is 5.91 Å². The van der Waals surface area contributed by atoms with Crippen LogP contribution in [0.2, 0.25) is 0 Å². The van der Waals surface area contributed by atoms with Gasteiger partial charge in [-0.25, -0.2) is 9.79 Å². The number of amidine groups is 1. The summed E-state index contributed by atoms with van der Waals surface area (Å²) in [7, 11) is 0. The van der Waals surface area contributed by atoms with Crippen LogP contribution in [0.5, 0.6) is 0 Å². The Labute approximate surface area is 168 Å². The molecule has 0 saturated carbocycles. The van der Waals surface area contributed by atoms with Crippen molar-refractivity contribution >= 4 is 28.8 Å². The predicted octanol–water partition coefficient (Wildman–Crippen LogP) is 4.25. The molecule has 1 saturated heterocycles. The minimum absolute atomic E-state index is 0.0712. The zero-order valence-corrected chi connectivity index (χ0v) is 16.5. The van der Waals surface area contributed by atoms with E-state index < -0.39 is 12.0 Å². The Balaban J connectivity index is 1.81. The lowest BCUT2D eigenvalue weighted by Gasteiger charge is -2.33. The highest BCUT2D eigenvalue weighted by atomic mass is 32.2. The molecule has 0 aliphatic carbocycles. The van der Waals surface area contributed by atoms with Crippen molar-refractivity contribution in [2.45, 2.75) is 25.1 Å². The molecule has 1 fully saturated rings. The molecule has 0 N–H and O–H groups in total. The van der Waals surface area contributed by atoms with Crippen LogP contribution in [0.1, 0.15) is 36.3 Å². The van der Waals surface area contributed by atoms with Crippen molar-refractivity contribution in [1.29, 1.82) is 0 Å². The number of aliphatic imine (C=N–C) groups is 1. The number of carbonyl (C=O) groups is 2. The van der Waals surface area contributed by atoms with Gasteiger partial charge >= 0.3 is 5.97 Å². The second-order valence-electron chi connectivity index (χ2n) is 6.54. The molecule has 2 aromatic carbocycles. The number of nitrogens with zero attached hydrogens (tertiary/aromatic N) is 2. The quantitative estimate of drug-likeness (QED) is 0.730. The summed E-state index contributed by atoms with van der Waals surface area (Å²) in [6.07, 6.45) is 0. The molecule has 2 unspecified atom stereocenters. The number of ether oxygens (including phenoxy) is 1. The first-order valence-corrected chi connectivity index (χ1v) is 10.1. The summed E-state index contributed by atoms with van der Waals surface area (Å²) in [5.74, 6) is -0.504. The first kappa shape index (κ1) is 18.5. The van der Waals surface area contributed by atoms with Crippen molar-refractivity contribution in [2.24, 2.45) is 4.99 Å². The van der Waals surface area contributed by atoms with Crippen molar-refractivity contribution in [3.63, 3.8) is 0 Å². The summed E-state index contributed by atoms with van der Waals surface area (Å²) in [6.45, 7) is 3.83. The number of fused-ring (bicyclic) bond motifs is 1. The lowest BCUT2D eigenvalue weighted by Crippen LogP contribution is -2.40. The molecule has 142 valence electrons. The van der Waals surface area contributed by atoms with E-state index in [1.54, 1.807) is 18.7 Å². The fourth-order valence-electron chi connectivity index (χ4n) is 3.54. The molecule has 0 radical (unpaired) electrons. The van der Waals surface area contributed by atoms with Crippen LogP contribution < -0.4 is 0 Å². The minimum Gasteiger partial charge on any atom is -0.463 e. The molecule has 0 aromatic heterocycles. The molecular formula is C22H20N2O3S. The molecule has 0 bridgehead atoms. The van der Waals surface area contributed by atoms with Crippen molar-refractivity contribution in [2.75, 3.05) is 6.61 Å². The van der Waals surface area contributed by atoms with Gasteiger partial charge in [0.1, 0.15) is 5.25 Å². The lowest BCUT2D eigenvalue weighted by molar-refractivity contribution is -0.139. The van der Waals surface area contributed by atoms with Gasteiger partial charge in [-0.2, -0.15) is 0 Å². The number of benzene rings is 2. The zero-order chi connectivity index (χ0) is 19.7. The topological polar surface area (TPSA) is 59.0 Å². The molecule has 2 aliphatic rings. The molecule has 2 aliphatic heterocycles. The van der Waals surface area contributed by atoms with Gasteiger partial charge in [-0.1, -0.05) is 72.4 Å². The maximum Gasteiger partial charge on any atom is 0.338 e. The maximum absolute atomic E-state index is 13.4. The van der Waals surface area contributed by atoms with Crippen LogP contribution in [0.4, 0.5) is 0 Å². The Morgan fingerprint density at radius 3 is 2.29 bits per heavy atom.